The standard InChI is InChI=1S/C21H24N2O4/c1-3-23(14-24)20(22)6-4-5-15-7-9-16(10-8-15)17-11-12-19(27-2)18(13-17)21(25)26/h7-14,22H,3-6H2,1-2H3,(H,25,26). The third kappa shape index (κ3) is 5.17. The number of nitrogens with zero attached hydrogens (tertiary/aromatic N) is 1. The molecule has 0 saturated heterocycles. The predicted octanol–water partition coefficient (Wildman–Crippen LogP) is 3.84. The fourth-order valence-corrected chi connectivity index (χ4v) is 2.85. The minimum atomic E-state index is -1.02. The Morgan fingerprint density at radius 3 is 2.41 bits per heavy atom. The van der Waals surface area contributed by atoms with E-state index in [1.165, 1.54) is 12.0 Å². The highest BCUT2D eigenvalue weighted by molar-refractivity contribution is 5.92. The van der Waals surface area contributed by atoms with Crippen LogP contribution in [0, 0.1) is 5.41 Å². The lowest BCUT2D eigenvalue weighted by Crippen LogP contribution is -2.28. The third-order valence-electron chi connectivity index (χ3n) is 4.41. The van der Waals surface area contributed by atoms with Crippen molar-refractivity contribution in [1.82, 2.24) is 4.90 Å². The summed E-state index contributed by atoms with van der Waals surface area (Å²) in [5, 5.41) is 17.2. The Bertz CT molecular complexity index is 815. The third-order valence-corrected chi connectivity index (χ3v) is 4.41. The zero-order valence-corrected chi connectivity index (χ0v) is 15.6. The first-order valence-electron chi connectivity index (χ1n) is 8.80. The van der Waals surface area contributed by atoms with Gasteiger partial charge in [-0.25, -0.2) is 4.79 Å². The van der Waals surface area contributed by atoms with E-state index >= 15 is 0 Å². The topological polar surface area (TPSA) is 90.7 Å². The monoisotopic (exact) mass is 368 g/mol. The quantitative estimate of drug-likeness (QED) is 0.400. The summed E-state index contributed by atoms with van der Waals surface area (Å²) in [6.07, 6.45) is 2.84. The van der Waals surface area contributed by atoms with Gasteiger partial charge in [0, 0.05) is 13.0 Å². The highest BCUT2D eigenvalue weighted by Gasteiger charge is 2.12. The van der Waals surface area contributed by atoms with Crippen LogP contribution in [0.5, 0.6) is 5.75 Å². The van der Waals surface area contributed by atoms with Crippen molar-refractivity contribution in [2.24, 2.45) is 0 Å². The zero-order valence-electron chi connectivity index (χ0n) is 15.6. The fraction of sp³-hybridized carbons (Fsp3) is 0.286. The lowest BCUT2D eigenvalue weighted by molar-refractivity contribution is -0.114. The van der Waals surface area contributed by atoms with E-state index in [0.717, 1.165) is 29.5 Å². The second kappa shape index (κ2) is 9.52. The van der Waals surface area contributed by atoms with Gasteiger partial charge in [-0.15, -0.1) is 0 Å². The van der Waals surface area contributed by atoms with Gasteiger partial charge < -0.3 is 14.7 Å². The SMILES string of the molecule is CCN(C=O)C(=N)CCCc1ccc(-c2ccc(OC)c(C(=O)O)c2)cc1. The van der Waals surface area contributed by atoms with Crippen molar-refractivity contribution in [2.45, 2.75) is 26.2 Å². The number of methoxy groups -OCH3 is 1. The van der Waals surface area contributed by atoms with Crippen LogP contribution in [0.15, 0.2) is 42.5 Å². The largest absolute Gasteiger partial charge is 0.496 e. The molecule has 0 aliphatic carbocycles. The molecule has 0 aliphatic heterocycles. The summed E-state index contributed by atoms with van der Waals surface area (Å²) >= 11 is 0. The number of amides is 1. The van der Waals surface area contributed by atoms with Crippen LogP contribution in [0.1, 0.15) is 35.7 Å². The first-order valence-corrected chi connectivity index (χ1v) is 8.80. The number of nitrogens with one attached hydrogen (secondary N) is 1. The summed E-state index contributed by atoms with van der Waals surface area (Å²) in [6.45, 7) is 2.35. The molecule has 2 N–H and O–H groups in total. The molecule has 0 spiro atoms. The number of carbonyl (C=O) groups excluding carboxylic acids is 1. The molecule has 27 heavy (non-hydrogen) atoms. The van der Waals surface area contributed by atoms with E-state index in [1.54, 1.807) is 12.1 Å². The van der Waals surface area contributed by atoms with Gasteiger partial charge in [-0.3, -0.25) is 10.2 Å². The van der Waals surface area contributed by atoms with Gasteiger partial charge in [-0.1, -0.05) is 30.3 Å². The van der Waals surface area contributed by atoms with Gasteiger partial charge in [0.2, 0.25) is 6.41 Å². The number of aryl methyl sites for hydroxylation is 1. The molecule has 2 aromatic rings. The van der Waals surface area contributed by atoms with Crippen LogP contribution in [-0.2, 0) is 11.2 Å². The van der Waals surface area contributed by atoms with Crippen molar-refractivity contribution >= 4 is 18.2 Å². The molecule has 0 heterocycles. The minimum Gasteiger partial charge on any atom is -0.496 e. The Balaban J connectivity index is 2.03. The normalized spacial score (nSPS) is 10.3. The predicted molar refractivity (Wildman–Crippen MR) is 104 cm³/mol. The number of aromatic carboxylic acids is 1. The molecule has 0 saturated carbocycles. The molecular formula is C21H24N2O4. The van der Waals surface area contributed by atoms with E-state index in [0.29, 0.717) is 31.0 Å². The maximum atomic E-state index is 11.4. The second-order valence-corrected chi connectivity index (χ2v) is 6.11. The second-order valence-electron chi connectivity index (χ2n) is 6.11. The molecule has 1 amide bonds. The fourth-order valence-electron chi connectivity index (χ4n) is 2.85. The number of hydrogen-bond donors (Lipinski definition) is 2. The summed E-state index contributed by atoms with van der Waals surface area (Å²) < 4.78 is 5.09. The molecule has 0 atom stereocenters. The number of benzene rings is 2. The van der Waals surface area contributed by atoms with Crippen LogP contribution >= 0.6 is 0 Å². The lowest BCUT2D eigenvalue weighted by atomic mass is 9.99. The van der Waals surface area contributed by atoms with Crippen LogP contribution in [0.25, 0.3) is 11.1 Å². The first kappa shape index (κ1) is 20.2. The number of hydrogen-bond acceptors (Lipinski definition) is 4. The average molecular weight is 368 g/mol. The summed E-state index contributed by atoms with van der Waals surface area (Å²) in [7, 11) is 1.45. The zero-order chi connectivity index (χ0) is 19.8. The number of carbonyl (C=O) groups is 2. The molecule has 6 heteroatoms. The van der Waals surface area contributed by atoms with E-state index in [-0.39, 0.29) is 5.56 Å². The molecule has 0 aromatic heterocycles. The van der Waals surface area contributed by atoms with Crippen molar-refractivity contribution in [1.29, 1.82) is 5.41 Å². The Labute approximate surface area is 158 Å². The van der Waals surface area contributed by atoms with Crippen LogP contribution in [-0.4, -0.2) is 41.9 Å². The Kier molecular flexibility index (Phi) is 7.11. The van der Waals surface area contributed by atoms with E-state index in [9.17, 15) is 14.7 Å². The summed E-state index contributed by atoms with van der Waals surface area (Å²) in [4.78, 5) is 23.6. The van der Waals surface area contributed by atoms with Crippen LogP contribution in [0.4, 0.5) is 0 Å². The molecule has 0 aliphatic rings. The van der Waals surface area contributed by atoms with Gasteiger partial charge in [0.25, 0.3) is 0 Å². The van der Waals surface area contributed by atoms with Crippen LogP contribution < -0.4 is 4.74 Å². The minimum absolute atomic E-state index is 0.133. The maximum Gasteiger partial charge on any atom is 0.339 e. The molecule has 2 rings (SSSR count). The molecule has 0 bridgehead atoms. The smallest absolute Gasteiger partial charge is 0.339 e. The summed E-state index contributed by atoms with van der Waals surface area (Å²) in [5.41, 5.74) is 3.00. The van der Waals surface area contributed by atoms with Gasteiger partial charge in [0.05, 0.1) is 7.11 Å². The Hall–Kier alpha value is -3.15. The lowest BCUT2D eigenvalue weighted by Gasteiger charge is -2.15. The van der Waals surface area contributed by atoms with Crippen molar-refractivity contribution in [3.63, 3.8) is 0 Å². The van der Waals surface area contributed by atoms with E-state index < -0.39 is 5.97 Å². The van der Waals surface area contributed by atoms with E-state index in [2.05, 4.69) is 0 Å². The molecular weight excluding hydrogens is 344 g/mol. The number of carboxylic acid groups (broad SMARTS) is 1. The Morgan fingerprint density at radius 1 is 1.19 bits per heavy atom. The van der Waals surface area contributed by atoms with Crippen molar-refractivity contribution in [3.8, 4) is 16.9 Å². The summed E-state index contributed by atoms with van der Waals surface area (Å²) in [5.74, 6) is -0.352. The van der Waals surface area contributed by atoms with Gasteiger partial charge in [0.15, 0.2) is 0 Å². The van der Waals surface area contributed by atoms with E-state index in [1.807, 2.05) is 37.3 Å². The van der Waals surface area contributed by atoms with Crippen molar-refractivity contribution < 1.29 is 19.4 Å². The number of amidine groups is 1. The van der Waals surface area contributed by atoms with Crippen molar-refractivity contribution in [3.05, 3.63) is 53.6 Å². The van der Waals surface area contributed by atoms with Gasteiger partial charge in [-0.05, 0) is 48.6 Å². The molecule has 2 aromatic carbocycles. The number of ether oxygens (including phenoxy) is 1. The Morgan fingerprint density at radius 2 is 1.85 bits per heavy atom. The molecule has 6 nitrogen and oxygen atoms in total. The molecule has 0 fully saturated rings. The first-order chi connectivity index (χ1) is 13.0. The van der Waals surface area contributed by atoms with Gasteiger partial charge in [0.1, 0.15) is 17.1 Å². The molecule has 0 unspecified atom stereocenters. The number of carboxylic acids is 1. The van der Waals surface area contributed by atoms with Gasteiger partial charge in [-0.2, -0.15) is 0 Å². The maximum absolute atomic E-state index is 11.4. The molecule has 142 valence electrons. The average Bonchev–Trinajstić information content (AvgIpc) is 2.69. The van der Waals surface area contributed by atoms with E-state index in [4.69, 9.17) is 10.1 Å². The van der Waals surface area contributed by atoms with Crippen LogP contribution in [0.2, 0.25) is 0 Å². The summed E-state index contributed by atoms with van der Waals surface area (Å²) in [6, 6.07) is 13.0. The van der Waals surface area contributed by atoms with Crippen molar-refractivity contribution in [2.75, 3.05) is 13.7 Å². The highest BCUT2D eigenvalue weighted by Crippen LogP contribution is 2.27. The van der Waals surface area contributed by atoms with Gasteiger partial charge >= 0.3 is 5.97 Å². The molecule has 0 radical (unpaired) electrons. The highest BCUT2D eigenvalue weighted by atomic mass is 16.5. The number of rotatable bonds is 9. The van der Waals surface area contributed by atoms with Crippen LogP contribution in [0.3, 0.4) is 0 Å².